The fourth-order valence-electron chi connectivity index (χ4n) is 1.63. The van der Waals surface area contributed by atoms with Crippen LogP contribution in [-0.4, -0.2) is 17.1 Å². The van der Waals surface area contributed by atoms with Crippen LogP contribution in [-0.2, 0) is 7.05 Å². The molecular weight excluding hydrogens is 234 g/mol. The molecule has 2 amide bonds. The van der Waals surface area contributed by atoms with Gasteiger partial charge in [0.15, 0.2) is 5.58 Å². The van der Waals surface area contributed by atoms with Crippen molar-refractivity contribution < 1.29 is 9.21 Å². The molecule has 18 heavy (non-hydrogen) atoms. The molecular formula is C12H15N3O3. The maximum absolute atomic E-state index is 11.5. The summed E-state index contributed by atoms with van der Waals surface area (Å²) in [5.41, 5.74) is 1.74. The van der Waals surface area contributed by atoms with E-state index in [0.29, 0.717) is 23.3 Å². The van der Waals surface area contributed by atoms with Gasteiger partial charge in [-0.25, -0.2) is 9.59 Å². The topological polar surface area (TPSA) is 76.3 Å². The lowest BCUT2D eigenvalue weighted by Gasteiger charge is -2.06. The number of rotatable bonds is 3. The van der Waals surface area contributed by atoms with Gasteiger partial charge in [-0.1, -0.05) is 6.92 Å². The standard InChI is InChI=1S/C12H15N3O3/c1-3-6-13-11(16)14-8-4-5-9-10(7-8)18-12(17)15(9)2/h4-5,7H,3,6H2,1-2H3,(H2,13,14,16). The highest BCUT2D eigenvalue weighted by Gasteiger charge is 2.07. The molecule has 0 aliphatic heterocycles. The molecule has 6 heteroatoms. The molecule has 6 nitrogen and oxygen atoms in total. The summed E-state index contributed by atoms with van der Waals surface area (Å²) in [6, 6.07) is 4.82. The second kappa shape index (κ2) is 4.95. The van der Waals surface area contributed by atoms with Crippen LogP contribution < -0.4 is 16.4 Å². The molecule has 0 aliphatic carbocycles. The van der Waals surface area contributed by atoms with Crippen LogP contribution in [0.15, 0.2) is 27.4 Å². The van der Waals surface area contributed by atoms with Crippen molar-refractivity contribution in [1.29, 1.82) is 0 Å². The number of hydrogen-bond acceptors (Lipinski definition) is 3. The normalized spacial score (nSPS) is 10.6. The molecule has 96 valence electrons. The van der Waals surface area contributed by atoms with Crippen LogP contribution in [0.3, 0.4) is 0 Å². The number of aromatic nitrogens is 1. The number of amides is 2. The van der Waals surface area contributed by atoms with E-state index >= 15 is 0 Å². The highest BCUT2D eigenvalue weighted by atomic mass is 16.4. The minimum atomic E-state index is -0.419. The van der Waals surface area contributed by atoms with Crippen LogP contribution in [0.4, 0.5) is 10.5 Å². The highest BCUT2D eigenvalue weighted by molar-refractivity contribution is 5.91. The number of hydrogen-bond donors (Lipinski definition) is 2. The SMILES string of the molecule is CCCNC(=O)Nc1ccc2c(c1)oc(=O)n2C. The lowest BCUT2D eigenvalue weighted by molar-refractivity contribution is 0.252. The van der Waals surface area contributed by atoms with Crippen molar-refractivity contribution in [3.05, 3.63) is 28.7 Å². The Morgan fingerprint density at radius 2 is 2.22 bits per heavy atom. The van der Waals surface area contributed by atoms with Gasteiger partial charge in [-0.05, 0) is 18.6 Å². The summed E-state index contributed by atoms with van der Waals surface area (Å²) in [7, 11) is 1.63. The quantitative estimate of drug-likeness (QED) is 0.868. The zero-order valence-corrected chi connectivity index (χ0v) is 10.3. The molecule has 0 aliphatic rings. The van der Waals surface area contributed by atoms with Crippen molar-refractivity contribution in [3.8, 4) is 0 Å². The lowest BCUT2D eigenvalue weighted by atomic mass is 10.3. The van der Waals surface area contributed by atoms with Crippen LogP contribution in [0.1, 0.15) is 13.3 Å². The number of nitrogens with zero attached hydrogens (tertiary/aromatic N) is 1. The van der Waals surface area contributed by atoms with Crippen LogP contribution in [0.5, 0.6) is 0 Å². The summed E-state index contributed by atoms with van der Waals surface area (Å²) in [5, 5.41) is 5.37. The molecule has 0 saturated heterocycles. The number of carbonyl (C=O) groups is 1. The summed E-state index contributed by atoms with van der Waals surface area (Å²) < 4.78 is 6.45. The van der Waals surface area contributed by atoms with Gasteiger partial charge < -0.3 is 15.1 Å². The van der Waals surface area contributed by atoms with Crippen molar-refractivity contribution in [2.24, 2.45) is 7.05 Å². The van der Waals surface area contributed by atoms with Crippen LogP contribution in [0.2, 0.25) is 0 Å². The number of anilines is 1. The summed E-state index contributed by atoms with van der Waals surface area (Å²) >= 11 is 0. The molecule has 0 unspecified atom stereocenters. The molecule has 2 aromatic rings. The third-order valence-corrected chi connectivity index (χ3v) is 2.59. The summed E-state index contributed by atoms with van der Waals surface area (Å²) in [6.45, 7) is 2.60. The average molecular weight is 249 g/mol. The molecule has 0 bridgehead atoms. The smallest absolute Gasteiger partial charge is 0.408 e. The Bertz CT molecular complexity index is 627. The van der Waals surface area contributed by atoms with Gasteiger partial charge in [0.05, 0.1) is 5.52 Å². The van der Waals surface area contributed by atoms with Crippen LogP contribution >= 0.6 is 0 Å². The molecule has 1 heterocycles. The Balaban J connectivity index is 2.20. The molecule has 0 spiro atoms. The Kier molecular flexibility index (Phi) is 3.36. The Hall–Kier alpha value is -2.24. The van der Waals surface area contributed by atoms with Gasteiger partial charge in [-0.3, -0.25) is 4.57 Å². The van der Waals surface area contributed by atoms with E-state index in [1.807, 2.05) is 6.92 Å². The first-order valence-electron chi connectivity index (χ1n) is 5.76. The van der Waals surface area contributed by atoms with E-state index in [9.17, 15) is 9.59 Å². The van der Waals surface area contributed by atoms with Crippen molar-refractivity contribution in [2.45, 2.75) is 13.3 Å². The first-order chi connectivity index (χ1) is 8.61. The first-order valence-corrected chi connectivity index (χ1v) is 5.76. The number of carbonyl (C=O) groups excluding carboxylic acids is 1. The average Bonchev–Trinajstić information content (AvgIpc) is 2.62. The molecule has 1 aromatic heterocycles. The third-order valence-electron chi connectivity index (χ3n) is 2.59. The van der Waals surface area contributed by atoms with Crippen LogP contribution in [0.25, 0.3) is 11.1 Å². The molecule has 0 fully saturated rings. The van der Waals surface area contributed by atoms with Crippen molar-refractivity contribution in [3.63, 3.8) is 0 Å². The lowest BCUT2D eigenvalue weighted by Crippen LogP contribution is -2.29. The summed E-state index contributed by atoms with van der Waals surface area (Å²) in [4.78, 5) is 22.8. The summed E-state index contributed by atoms with van der Waals surface area (Å²) in [6.07, 6.45) is 0.875. The molecule has 0 atom stereocenters. The third kappa shape index (κ3) is 2.37. The minimum Gasteiger partial charge on any atom is -0.408 e. The number of oxazole rings is 1. The number of benzene rings is 1. The molecule has 1 aromatic carbocycles. The fraction of sp³-hybridized carbons (Fsp3) is 0.333. The van der Waals surface area contributed by atoms with E-state index in [-0.39, 0.29) is 6.03 Å². The van der Waals surface area contributed by atoms with Gasteiger partial charge in [0.25, 0.3) is 0 Å². The van der Waals surface area contributed by atoms with E-state index in [4.69, 9.17) is 4.42 Å². The van der Waals surface area contributed by atoms with E-state index in [1.54, 1.807) is 25.2 Å². The zero-order valence-electron chi connectivity index (χ0n) is 10.3. The van der Waals surface area contributed by atoms with E-state index in [2.05, 4.69) is 10.6 Å². The van der Waals surface area contributed by atoms with E-state index in [1.165, 1.54) is 4.57 Å². The van der Waals surface area contributed by atoms with E-state index in [0.717, 1.165) is 6.42 Å². The Morgan fingerprint density at radius 3 is 2.94 bits per heavy atom. The zero-order chi connectivity index (χ0) is 13.1. The predicted molar refractivity (Wildman–Crippen MR) is 68.8 cm³/mol. The second-order valence-corrected chi connectivity index (χ2v) is 3.99. The van der Waals surface area contributed by atoms with Crippen molar-refractivity contribution >= 4 is 22.8 Å². The minimum absolute atomic E-state index is 0.269. The Labute approximate surface area is 104 Å². The first kappa shape index (κ1) is 12.2. The van der Waals surface area contributed by atoms with Gasteiger partial charge >= 0.3 is 11.8 Å². The maximum atomic E-state index is 11.5. The number of fused-ring (bicyclic) bond motifs is 1. The predicted octanol–water partition coefficient (Wildman–Crippen LogP) is 1.66. The maximum Gasteiger partial charge on any atom is 0.419 e. The van der Waals surface area contributed by atoms with Crippen molar-refractivity contribution in [2.75, 3.05) is 11.9 Å². The van der Waals surface area contributed by atoms with Gasteiger partial charge in [-0.15, -0.1) is 0 Å². The second-order valence-electron chi connectivity index (χ2n) is 3.99. The molecule has 2 N–H and O–H groups in total. The molecule has 0 saturated carbocycles. The van der Waals surface area contributed by atoms with Gasteiger partial charge in [0, 0.05) is 25.3 Å². The van der Waals surface area contributed by atoms with E-state index < -0.39 is 5.76 Å². The number of urea groups is 1. The highest BCUT2D eigenvalue weighted by Crippen LogP contribution is 2.17. The largest absolute Gasteiger partial charge is 0.419 e. The summed E-state index contributed by atoms with van der Waals surface area (Å²) in [5.74, 6) is -0.419. The van der Waals surface area contributed by atoms with Crippen molar-refractivity contribution in [1.82, 2.24) is 9.88 Å². The van der Waals surface area contributed by atoms with Gasteiger partial charge in [0.1, 0.15) is 0 Å². The molecule has 2 rings (SSSR count). The number of aryl methyl sites for hydroxylation is 1. The van der Waals surface area contributed by atoms with Gasteiger partial charge in [0.2, 0.25) is 0 Å². The number of nitrogens with one attached hydrogen (secondary N) is 2. The fourth-order valence-corrected chi connectivity index (χ4v) is 1.63. The Morgan fingerprint density at radius 1 is 1.44 bits per heavy atom. The van der Waals surface area contributed by atoms with Gasteiger partial charge in [-0.2, -0.15) is 0 Å². The van der Waals surface area contributed by atoms with Crippen LogP contribution in [0, 0.1) is 0 Å². The monoisotopic (exact) mass is 249 g/mol. The molecule has 0 radical (unpaired) electrons.